The number of fused-ring (bicyclic) bond motifs is 1. The van der Waals surface area contributed by atoms with Crippen LogP contribution in [0.1, 0.15) is 43.2 Å². The number of likely N-dealkylation sites (tertiary alicyclic amines) is 1. The molecule has 1 aliphatic heterocycles. The number of rotatable bonds is 4. The molecule has 1 aromatic carbocycles. The number of amides is 2. The van der Waals surface area contributed by atoms with Crippen molar-refractivity contribution in [2.24, 2.45) is 5.41 Å². The molecule has 1 fully saturated rings. The van der Waals surface area contributed by atoms with E-state index in [1.807, 2.05) is 0 Å². The van der Waals surface area contributed by atoms with E-state index in [0.29, 0.717) is 32.0 Å². The Morgan fingerprint density at radius 3 is 2.91 bits per heavy atom. The average molecular weight is 316 g/mol. The van der Waals surface area contributed by atoms with Gasteiger partial charge in [0.15, 0.2) is 0 Å². The SMILES string of the molecule is CC1(C(=O)O)CCN(C(=O)NCCC2CCc3ccccc32)C1. The number of urea groups is 1. The van der Waals surface area contributed by atoms with Gasteiger partial charge in [-0.05, 0) is 49.7 Å². The third kappa shape index (κ3) is 3.19. The number of benzene rings is 1. The van der Waals surface area contributed by atoms with Gasteiger partial charge >= 0.3 is 12.0 Å². The predicted molar refractivity (Wildman–Crippen MR) is 87.5 cm³/mol. The number of aryl methyl sites for hydroxylation is 1. The molecule has 0 spiro atoms. The van der Waals surface area contributed by atoms with Crippen LogP contribution < -0.4 is 5.32 Å². The standard InChI is InChI=1S/C18H24N2O3/c1-18(16(21)22)9-11-20(12-18)17(23)19-10-8-14-7-6-13-4-2-3-5-15(13)14/h2-5,14H,6-12H2,1H3,(H,19,23)(H,21,22). The van der Waals surface area contributed by atoms with E-state index in [-0.39, 0.29) is 6.03 Å². The largest absolute Gasteiger partial charge is 0.481 e. The Morgan fingerprint density at radius 1 is 1.39 bits per heavy atom. The van der Waals surface area contributed by atoms with Gasteiger partial charge in [-0.25, -0.2) is 4.79 Å². The van der Waals surface area contributed by atoms with Crippen LogP contribution in [0.2, 0.25) is 0 Å². The van der Waals surface area contributed by atoms with E-state index in [0.717, 1.165) is 19.3 Å². The summed E-state index contributed by atoms with van der Waals surface area (Å²) in [5.41, 5.74) is 2.05. The van der Waals surface area contributed by atoms with E-state index < -0.39 is 11.4 Å². The Hall–Kier alpha value is -2.04. The number of carbonyl (C=O) groups excluding carboxylic acids is 1. The average Bonchev–Trinajstić information content (AvgIpc) is 3.13. The van der Waals surface area contributed by atoms with Gasteiger partial charge in [-0.2, -0.15) is 0 Å². The number of hydrogen-bond donors (Lipinski definition) is 2. The van der Waals surface area contributed by atoms with Crippen molar-refractivity contribution in [2.75, 3.05) is 19.6 Å². The van der Waals surface area contributed by atoms with Crippen molar-refractivity contribution in [1.29, 1.82) is 0 Å². The Kier molecular flexibility index (Phi) is 4.28. The maximum absolute atomic E-state index is 12.2. The minimum atomic E-state index is -0.824. The van der Waals surface area contributed by atoms with E-state index in [4.69, 9.17) is 0 Å². The van der Waals surface area contributed by atoms with Crippen molar-refractivity contribution >= 4 is 12.0 Å². The third-order valence-electron chi connectivity index (χ3n) is 5.30. The number of hydrogen-bond acceptors (Lipinski definition) is 2. The van der Waals surface area contributed by atoms with Crippen molar-refractivity contribution in [1.82, 2.24) is 10.2 Å². The second-order valence-corrected chi connectivity index (χ2v) is 6.99. The second-order valence-electron chi connectivity index (χ2n) is 6.99. The molecule has 1 aliphatic carbocycles. The first-order chi connectivity index (χ1) is 11.0. The molecule has 0 aromatic heterocycles. The summed E-state index contributed by atoms with van der Waals surface area (Å²) in [7, 11) is 0. The molecule has 0 bridgehead atoms. The molecule has 2 unspecified atom stereocenters. The molecular formula is C18H24N2O3. The molecule has 0 saturated carbocycles. The predicted octanol–water partition coefficient (Wildman–Crippen LogP) is 2.61. The summed E-state index contributed by atoms with van der Waals surface area (Å²) < 4.78 is 0. The van der Waals surface area contributed by atoms with E-state index in [1.165, 1.54) is 11.1 Å². The molecule has 2 amide bonds. The lowest BCUT2D eigenvalue weighted by Gasteiger charge is -2.21. The van der Waals surface area contributed by atoms with Crippen molar-refractivity contribution in [3.8, 4) is 0 Å². The summed E-state index contributed by atoms with van der Waals surface area (Å²) in [5, 5.41) is 12.2. The van der Waals surface area contributed by atoms with Crippen LogP contribution in [-0.2, 0) is 11.2 Å². The van der Waals surface area contributed by atoms with Gasteiger partial charge in [0.1, 0.15) is 0 Å². The number of carboxylic acids is 1. The van der Waals surface area contributed by atoms with Crippen LogP contribution in [0, 0.1) is 5.41 Å². The molecule has 23 heavy (non-hydrogen) atoms. The first kappa shape index (κ1) is 15.8. The van der Waals surface area contributed by atoms with Crippen LogP contribution in [0.3, 0.4) is 0 Å². The fourth-order valence-corrected chi connectivity index (χ4v) is 3.72. The molecule has 2 atom stereocenters. The zero-order valence-electron chi connectivity index (χ0n) is 13.5. The molecule has 5 nitrogen and oxygen atoms in total. The fourth-order valence-electron chi connectivity index (χ4n) is 3.72. The van der Waals surface area contributed by atoms with Crippen molar-refractivity contribution in [2.45, 2.75) is 38.5 Å². The summed E-state index contributed by atoms with van der Waals surface area (Å²) in [6.07, 6.45) is 3.73. The first-order valence-corrected chi connectivity index (χ1v) is 8.33. The highest BCUT2D eigenvalue weighted by atomic mass is 16.4. The minimum absolute atomic E-state index is 0.138. The molecule has 2 aliphatic rings. The summed E-state index contributed by atoms with van der Waals surface area (Å²) in [6.45, 7) is 3.15. The second kappa shape index (κ2) is 6.22. The van der Waals surface area contributed by atoms with Gasteiger partial charge in [0, 0.05) is 19.6 Å². The van der Waals surface area contributed by atoms with Crippen LogP contribution in [-0.4, -0.2) is 41.6 Å². The van der Waals surface area contributed by atoms with Gasteiger partial charge in [-0.3, -0.25) is 4.79 Å². The van der Waals surface area contributed by atoms with Crippen LogP contribution in [0.25, 0.3) is 0 Å². The molecule has 1 heterocycles. The van der Waals surface area contributed by atoms with E-state index in [1.54, 1.807) is 11.8 Å². The molecule has 0 radical (unpaired) electrons. The van der Waals surface area contributed by atoms with Crippen molar-refractivity contribution < 1.29 is 14.7 Å². The molecular weight excluding hydrogens is 292 g/mol. The molecule has 2 N–H and O–H groups in total. The van der Waals surface area contributed by atoms with E-state index >= 15 is 0 Å². The van der Waals surface area contributed by atoms with Gasteiger partial charge in [0.05, 0.1) is 5.41 Å². The minimum Gasteiger partial charge on any atom is -0.481 e. The summed E-state index contributed by atoms with van der Waals surface area (Å²) in [6, 6.07) is 8.39. The zero-order chi connectivity index (χ0) is 16.4. The van der Waals surface area contributed by atoms with Gasteiger partial charge in [0.2, 0.25) is 0 Å². The fraction of sp³-hybridized carbons (Fsp3) is 0.556. The molecule has 5 heteroatoms. The van der Waals surface area contributed by atoms with E-state index in [9.17, 15) is 14.7 Å². The quantitative estimate of drug-likeness (QED) is 0.897. The normalized spacial score (nSPS) is 26.1. The number of nitrogens with one attached hydrogen (secondary N) is 1. The van der Waals surface area contributed by atoms with Crippen molar-refractivity contribution in [3.63, 3.8) is 0 Å². The maximum Gasteiger partial charge on any atom is 0.317 e. The summed E-state index contributed by atoms with van der Waals surface area (Å²) in [5.74, 6) is -0.301. The molecule has 124 valence electrons. The van der Waals surface area contributed by atoms with Crippen LogP contribution in [0.5, 0.6) is 0 Å². The lowest BCUT2D eigenvalue weighted by atomic mass is 9.90. The van der Waals surface area contributed by atoms with Gasteiger partial charge in [0.25, 0.3) is 0 Å². The molecule has 1 aromatic rings. The smallest absolute Gasteiger partial charge is 0.317 e. The Bertz CT molecular complexity index is 616. The van der Waals surface area contributed by atoms with Crippen LogP contribution in [0.4, 0.5) is 4.79 Å². The van der Waals surface area contributed by atoms with Crippen molar-refractivity contribution in [3.05, 3.63) is 35.4 Å². The molecule has 1 saturated heterocycles. The van der Waals surface area contributed by atoms with Crippen LogP contribution >= 0.6 is 0 Å². The number of aliphatic carboxylic acids is 1. The number of carbonyl (C=O) groups is 2. The Labute approximate surface area is 136 Å². The topological polar surface area (TPSA) is 69.6 Å². The lowest BCUT2D eigenvalue weighted by molar-refractivity contribution is -0.146. The highest BCUT2D eigenvalue weighted by Gasteiger charge is 2.42. The zero-order valence-corrected chi connectivity index (χ0v) is 13.5. The first-order valence-electron chi connectivity index (χ1n) is 8.33. The molecule has 3 rings (SSSR count). The Balaban J connectivity index is 1.47. The third-order valence-corrected chi connectivity index (χ3v) is 5.30. The number of carboxylic acid groups (broad SMARTS) is 1. The van der Waals surface area contributed by atoms with Crippen LogP contribution in [0.15, 0.2) is 24.3 Å². The number of nitrogens with zero attached hydrogens (tertiary/aromatic N) is 1. The lowest BCUT2D eigenvalue weighted by Crippen LogP contribution is -2.41. The van der Waals surface area contributed by atoms with Gasteiger partial charge in [-0.1, -0.05) is 24.3 Å². The van der Waals surface area contributed by atoms with Gasteiger partial charge < -0.3 is 15.3 Å². The Morgan fingerprint density at radius 2 is 2.17 bits per heavy atom. The maximum atomic E-state index is 12.2. The van der Waals surface area contributed by atoms with E-state index in [2.05, 4.69) is 29.6 Å². The van der Waals surface area contributed by atoms with Gasteiger partial charge in [-0.15, -0.1) is 0 Å². The highest BCUT2D eigenvalue weighted by Crippen LogP contribution is 2.35. The summed E-state index contributed by atoms with van der Waals surface area (Å²) >= 11 is 0. The monoisotopic (exact) mass is 316 g/mol. The highest BCUT2D eigenvalue weighted by molar-refractivity contribution is 5.79. The summed E-state index contributed by atoms with van der Waals surface area (Å²) in [4.78, 5) is 25.1.